The van der Waals surface area contributed by atoms with E-state index in [1.807, 2.05) is 72.8 Å². The minimum atomic E-state index is 1.00. The molecule has 2 aromatic carbocycles. The fraction of sp³-hybridized carbons (Fsp3) is 0.125. The van der Waals surface area contributed by atoms with Gasteiger partial charge in [-0.25, -0.2) is 10.8 Å². The van der Waals surface area contributed by atoms with Crippen molar-refractivity contribution in [3.05, 3.63) is 72.8 Å². The average Bonchev–Trinajstić information content (AvgIpc) is 2.63. The first kappa shape index (κ1) is 28.2. The number of aliphatic hydroxyl groups excluding tert-OH is 2. The molecule has 0 radical (unpaired) electrons. The number of isothiocyanates is 2. The third kappa shape index (κ3) is 52.1. The minimum Gasteiger partial charge on any atom is -0.400 e. The van der Waals surface area contributed by atoms with Crippen LogP contribution < -0.4 is 0 Å². The number of rotatable bonds is 0. The Morgan fingerprint density at radius 3 is 0.591 bits per heavy atom. The van der Waals surface area contributed by atoms with E-state index in [2.05, 4.69) is 24.4 Å². The molecule has 0 aromatic heterocycles. The second-order valence-electron chi connectivity index (χ2n) is 2.51. The molecule has 120 valence electrons. The smallest absolute Gasteiger partial charge is 0.0554 e. The fourth-order valence-electron chi connectivity index (χ4n) is 0.770. The summed E-state index contributed by atoms with van der Waals surface area (Å²) >= 11 is 7.62. The van der Waals surface area contributed by atoms with Gasteiger partial charge in [-0.05, 0) is 24.4 Å². The molecule has 2 rings (SSSR count). The van der Waals surface area contributed by atoms with Gasteiger partial charge >= 0.3 is 0 Å². The number of thiocarbonyl (C=S) groups is 2. The largest absolute Gasteiger partial charge is 0.400 e. The van der Waals surface area contributed by atoms with Crippen molar-refractivity contribution < 1.29 is 10.2 Å². The summed E-state index contributed by atoms with van der Waals surface area (Å²) in [6.45, 7) is 0. The Morgan fingerprint density at radius 2 is 0.545 bits per heavy atom. The molecule has 4 N–H and O–H groups in total. The number of hydrogen-bond acceptors (Lipinski definition) is 6. The lowest BCUT2D eigenvalue weighted by atomic mass is 10.4. The van der Waals surface area contributed by atoms with Gasteiger partial charge in [0.15, 0.2) is 0 Å². The van der Waals surface area contributed by atoms with E-state index in [0.29, 0.717) is 0 Å². The number of hydrogen-bond donors (Lipinski definition) is 4. The Bertz CT molecular complexity index is 331. The van der Waals surface area contributed by atoms with Crippen LogP contribution in [0.2, 0.25) is 0 Å². The highest BCUT2D eigenvalue weighted by Crippen LogP contribution is 1.80. The Balaban J connectivity index is -0.0000000954. The van der Waals surface area contributed by atoms with E-state index in [1.165, 1.54) is 0 Å². The van der Waals surface area contributed by atoms with Crippen molar-refractivity contribution in [3.8, 4) is 0 Å². The second-order valence-corrected chi connectivity index (χ2v) is 2.92. The first-order valence-electron chi connectivity index (χ1n) is 5.80. The highest BCUT2D eigenvalue weighted by Gasteiger charge is 1.58. The van der Waals surface area contributed by atoms with Gasteiger partial charge in [0.2, 0.25) is 0 Å². The van der Waals surface area contributed by atoms with Gasteiger partial charge in [-0.2, -0.15) is 0 Å². The molecular formula is C16H22N2O2S2. The van der Waals surface area contributed by atoms with E-state index in [4.69, 9.17) is 21.0 Å². The van der Waals surface area contributed by atoms with Crippen molar-refractivity contribution in [1.29, 1.82) is 10.8 Å². The molecule has 22 heavy (non-hydrogen) atoms. The quantitative estimate of drug-likeness (QED) is 0.433. The summed E-state index contributed by atoms with van der Waals surface area (Å²) in [6.07, 6.45) is 0. The summed E-state index contributed by atoms with van der Waals surface area (Å²) in [6, 6.07) is 24.0. The van der Waals surface area contributed by atoms with Crippen LogP contribution in [0, 0.1) is 10.8 Å². The van der Waals surface area contributed by atoms with Crippen LogP contribution in [0.5, 0.6) is 0 Å². The van der Waals surface area contributed by atoms with Gasteiger partial charge in [-0.1, -0.05) is 72.8 Å². The van der Waals surface area contributed by atoms with Crippen LogP contribution in [0.1, 0.15) is 0 Å². The van der Waals surface area contributed by atoms with Crippen molar-refractivity contribution in [2.45, 2.75) is 0 Å². The van der Waals surface area contributed by atoms with E-state index < -0.39 is 0 Å². The zero-order valence-electron chi connectivity index (χ0n) is 12.6. The third-order valence-electron chi connectivity index (χ3n) is 1.33. The molecule has 0 spiro atoms. The molecule has 0 unspecified atom stereocenters. The highest BCUT2D eigenvalue weighted by molar-refractivity contribution is 7.78. The molecule has 0 aliphatic rings. The van der Waals surface area contributed by atoms with Gasteiger partial charge in [0, 0.05) is 14.2 Å². The Morgan fingerprint density at radius 1 is 0.500 bits per heavy atom. The number of aliphatic hydroxyl groups is 2. The van der Waals surface area contributed by atoms with Crippen molar-refractivity contribution in [3.63, 3.8) is 0 Å². The average molecular weight is 338 g/mol. The fourth-order valence-corrected chi connectivity index (χ4v) is 0.770. The predicted octanol–water partition coefficient (Wildman–Crippen LogP) is 3.93. The van der Waals surface area contributed by atoms with Crippen LogP contribution in [0.15, 0.2) is 72.8 Å². The van der Waals surface area contributed by atoms with Crippen LogP contribution in [0.3, 0.4) is 0 Å². The predicted molar refractivity (Wildman–Crippen MR) is 99.8 cm³/mol. The molecular weight excluding hydrogens is 316 g/mol. The molecule has 0 aliphatic carbocycles. The molecule has 0 saturated heterocycles. The molecule has 0 fully saturated rings. The molecule has 0 aliphatic heterocycles. The summed E-state index contributed by atoms with van der Waals surface area (Å²) in [5.74, 6) is 0. The van der Waals surface area contributed by atoms with Crippen molar-refractivity contribution in [2.24, 2.45) is 0 Å². The summed E-state index contributed by atoms with van der Waals surface area (Å²) < 4.78 is 0. The maximum absolute atomic E-state index is 7.00. The van der Waals surface area contributed by atoms with Crippen molar-refractivity contribution >= 4 is 34.8 Å². The van der Waals surface area contributed by atoms with Crippen LogP contribution in [0.4, 0.5) is 0 Å². The summed E-state index contributed by atoms with van der Waals surface area (Å²) in [5.41, 5.74) is 0. The normalized spacial score (nSPS) is 5.64. The minimum absolute atomic E-state index is 1.00. The first-order valence-corrected chi connectivity index (χ1v) is 6.62. The Labute approximate surface area is 143 Å². The standard InChI is InChI=1S/2C6H6.2CHNS.2CH4O/c2*1-2-4-6-5-3-1;2*2-1-3;2*1-2/h2*1-6H;2*2H;2*2H,1H3. The van der Waals surface area contributed by atoms with E-state index in [-0.39, 0.29) is 0 Å². The SMILES string of the molecule is CO.CO.N=C=S.N=C=S.c1ccccc1.c1ccccc1. The monoisotopic (exact) mass is 338 g/mol. The van der Waals surface area contributed by atoms with Gasteiger partial charge < -0.3 is 10.2 Å². The molecule has 2 aromatic rings. The zero-order valence-corrected chi connectivity index (χ0v) is 14.3. The maximum Gasteiger partial charge on any atom is 0.0554 e. The lowest BCUT2D eigenvalue weighted by Gasteiger charge is -1.69. The molecule has 0 heterocycles. The van der Waals surface area contributed by atoms with Gasteiger partial charge in [0.25, 0.3) is 0 Å². The van der Waals surface area contributed by atoms with Crippen LogP contribution in [-0.2, 0) is 0 Å². The maximum atomic E-state index is 7.00. The molecule has 0 amide bonds. The molecule has 0 bridgehead atoms. The van der Waals surface area contributed by atoms with Gasteiger partial charge in [-0.3, -0.25) is 0 Å². The highest BCUT2D eigenvalue weighted by atomic mass is 32.1. The van der Waals surface area contributed by atoms with E-state index in [0.717, 1.165) is 14.2 Å². The molecule has 4 nitrogen and oxygen atoms in total. The first-order chi connectivity index (χ1) is 10.8. The van der Waals surface area contributed by atoms with E-state index in [9.17, 15) is 0 Å². The van der Waals surface area contributed by atoms with Gasteiger partial charge in [0.1, 0.15) is 0 Å². The van der Waals surface area contributed by atoms with Crippen LogP contribution in [-0.4, -0.2) is 34.8 Å². The van der Waals surface area contributed by atoms with Crippen LogP contribution in [0.25, 0.3) is 0 Å². The van der Waals surface area contributed by atoms with E-state index >= 15 is 0 Å². The van der Waals surface area contributed by atoms with Crippen molar-refractivity contribution in [2.75, 3.05) is 14.2 Å². The third-order valence-corrected chi connectivity index (χ3v) is 1.33. The van der Waals surface area contributed by atoms with E-state index in [1.54, 1.807) is 10.3 Å². The second kappa shape index (κ2) is 42.8. The van der Waals surface area contributed by atoms with Gasteiger partial charge in [-0.15, -0.1) is 0 Å². The lowest BCUT2D eigenvalue weighted by molar-refractivity contribution is 0.399. The Hall–Kier alpha value is -2.04. The molecule has 0 atom stereocenters. The Kier molecular flexibility index (Phi) is 54.7. The molecule has 0 saturated carbocycles. The van der Waals surface area contributed by atoms with Crippen LogP contribution >= 0.6 is 24.4 Å². The molecule has 6 heteroatoms. The summed E-state index contributed by atoms with van der Waals surface area (Å²) in [5, 5.41) is 28.7. The van der Waals surface area contributed by atoms with Crippen molar-refractivity contribution in [1.82, 2.24) is 0 Å². The number of benzene rings is 2. The lowest BCUT2D eigenvalue weighted by Crippen LogP contribution is -1.47. The topological polar surface area (TPSA) is 88.2 Å². The summed E-state index contributed by atoms with van der Waals surface area (Å²) in [4.78, 5) is 0. The summed E-state index contributed by atoms with van der Waals surface area (Å²) in [7, 11) is 2.00. The zero-order chi connectivity index (χ0) is 17.9. The number of nitrogens with one attached hydrogen (secondary N) is 2. The van der Waals surface area contributed by atoms with Gasteiger partial charge in [0.05, 0.1) is 10.3 Å².